The van der Waals surface area contributed by atoms with Gasteiger partial charge < -0.3 is 58.3 Å². The average molecular weight is 671 g/mol. The standard InChI is InChI=1S/C34H38O12.CH4O/c1-39-21-12-10-20(11-13-21)34-28(19-8-6-5-7-9-19)23(30(37)41-3)16-33(34,38)29-25(14-22(40-2)15-26(29)46-34)44-32-31(42-4)43-18-27(45-32)24(36)17-35;1-2/h5-15,23-24,27-28,31-32,35-36,38H,16-18H2,1-4H3;2H,1H3/t23-,24?,27?,28+,31?,32?,33+,34-;/m0./s1. The number of aliphatic hydroxyl groups excluding tert-OH is 3. The molecule has 1 saturated carbocycles. The molecule has 13 nitrogen and oxygen atoms in total. The number of hydrogen-bond donors (Lipinski definition) is 4. The van der Waals surface area contributed by atoms with Gasteiger partial charge in [-0.1, -0.05) is 42.5 Å². The number of hydrogen-bond acceptors (Lipinski definition) is 13. The molecule has 0 radical (unpaired) electrons. The molecule has 1 aliphatic carbocycles. The zero-order valence-corrected chi connectivity index (χ0v) is 27.4. The minimum absolute atomic E-state index is 0.0521. The molecule has 0 aromatic heterocycles. The maximum Gasteiger partial charge on any atom is 0.309 e. The van der Waals surface area contributed by atoms with E-state index in [0.717, 1.165) is 12.7 Å². The largest absolute Gasteiger partial charge is 0.497 e. The SMILES string of the molecule is CO.COC(=O)[C@H]1C[C@@]2(O)c3c(OC4OC(C(O)CO)COC4OC)cc(OC)cc3O[C@@]2(c2ccc(OC)cc2)[C@@H]1c1ccccc1. The lowest BCUT2D eigenvalue weighted by Gasteiger charge is -2.41. The number of ether oxygens (including phenoxy) is 8. The van der Waals surface area contributed by atoms with Gasteiger partial charge in [-0.3, -0.25) is 4.79 Å². The monoisotopic (exact) mass is 670 g/mol. The molecular weight excluding hydrogens is 628 g/mol. The molecule has 8 atom stereocenters. The highest BCUT2D eigenvalue weighted by molar-refractivity contribution is 5.77. The van der Waals surface area contributed by atoms with Gasteiger partial charge in [-0.05, 0) is 29.7 Å². The van der Waals surface area contributed by atoms with Crippen LogP contribution in [0.15, 0.2) is 66.7 Å². The molecule has 3 aromatic rings. The highest BCUT2D eigenvalue weighted by atomic mass is 16.8. The molecule has 2 fully saturated rings. The molecule has 4 N–H and O–H groups in total. The van der Waals surface area contributed by atoms with E-state index in [4.69, 9.17) is 43.0 Å². The van der Waals surface area contributed by atoms with Gasteiger partial charge in [0.25, 0.3) is 6.29 Å². The summed E-state index contributed by atoms with van der Waals surface area (Å²) in [5.41, 5.74) is -1.79. The minimum Gasteiger partial charge on any atom is -0.497 e. The summed E-state index contributed by atoms with van der Waals surface area (Å²) in [5, 5.41) is 40.0. The second kappa shape index (κ2) is 14.7. The normalized spacial score (nSPS) is 29.3. The number of benzene rings is 3. The molecule has 6 rings (SSSR count). The van der Waals surface area contributed by atoms with E-state index >= 15 is 0 Å². The van der Waals surface area contributed by atoms with Crippen molar-refractivity contribution in [3.63, 3.8) is 0 Å². The lowest BCUT2D eigenvalue weighted by Crippen LogP contribution is -2.52. The Bertz CT molecular complexity index is 1530. The summed E-state index contributed by atoms with van der Waals surface area (Å²) in [4.78, 5) is 13.5. The maximum atomic E-state index is 13.5. The van der Waals surface area contributed by atoms with Crippen LogP contribution < -0.4 is 18.9 Å². The molecule has 13 heteroatoms. The van der Waals surface area contributed by atoms with Gasteiger partial charge in [0.2, 0.25) is 6.29 Å². The number of aliphatic hydroxyl groups is 4. The summed E-state index contributed by atoms with van der Waals surface area (Å²) in [7, 11) is 6.78. The zero-order chi connectivity index (χ0) is 34.6. The zero-order valence-electron chi connectivity index (χ0n) is 27.4. The maximum absolute atomic E-state index is 13.5. The summed E-state index contributed by atoms with van der Waals surface area (Å²) in [6, 6.07) is 19.8. The van der Waals surface area contributed by atoms with Gasteiger partial charge in [0.15, 0.2) is 5.60 Å². The first kappa shape index (κ1) is 35.4. The second-order valence-corrected chi connectivity index (χ2v) is 11.5. The van der Waals surface area contributed by atoms with E-state index in [9.17, 15) is 20.1 Å². The van der Waals surface area contributed by atoms with E-state index < -0.39 is 60.4 Å². The van der Waals surface area contributed by atoms with Gasteiger partial charge in [0.05, 0.1) is 46.0 Å². The van der Waals surface area contributed by atoms with E-state index in [1.54, 1.807) is 31.4 Å². The van der Waals surface area contributed by atoms with Crippen LogP contribution in [0, 0.1) is 5.92 Å². The van der Waals surface area contributed by atoms with Crippen LogP contribution in [-0.2, 0) is 34.9 Å². The summed E-state index contributed by atoms with van der Waals surface area (Å²) in [6.07, 6.45) is -4.49. The van der Waals surface area contributed by atoms with Gasteiger partial charge in [-0.2, -0.15) is 0 Å². The molecule has 0 amide bonds. The van der Waals surface area contributed by atoms with Crippen LogP contribution in [0.2, 0.25) is 0 Å². The van der Waals surface area contributed by atoms with Gasteiger partial charge in [0.1, 0.15) is 40.8 Å². The quantitative estimate of drug-likeness (QED) is 0.232. The number of carbonyl (C=O) groups is 1. The van der Waals surface area contributed by atoms with E-state index in [0.29, 0.717) is 17.1 Å². The summed E-state index contributed by atoms with van der Waals surface area (Å²) in [6.45, 7) is -0.607. The average Bonchev–Trinajstić information content (AvgIpc) is 3.55. The fraction of sp³-hybridized carbons (Fsp3) is 0.457. The van der Waals surface area contributed by atoms with E-state index in [1.165, 1.54) is 21.3 Å². The second-order valence-electron chi connectivity index (χ2n) is 11.5. The molecule has 2 heterocycles. The van der Waals surface area contributed by atoms with Crippen molar-refractivity contribution in [1.82, 2.24) is 0 Å². The van der Waals surface area contributed by atoms with Crippen LogP contribution >= 0.6 is 0 Å². The van der Waals surface area contributed by atoms with E-state index in [2.05, 4.69) is 0 Å². The van der Waals surface area contributed by atoms with Gasteiger partial charge >= 0.3 is 5.97 Å². The van der Waals surface area contributed by atoms with Crippen LogP contribution in [0.25, 0.3) is 0 Å². The Morgan fingerprint density at radius 3 is 2.25 bits per heavy atom. The lowest BCUT2D eigenvalue weighted by atomic mass is 9.70. The van der Waals surface area contributed by atoms with Crippen molar-refractivity contribution in [2.24, 2.45) is 5.92 Å². The molecule has 2 aliphatic heterocycles. The molecule has 0 bridgehead atoms. The number of rotatable bonds is 10. The summed E-state index contributed by atoms with van der Waals surface area (Å²) >= 11 is 0. The number of fused-ring (bicyclic) bond motifs is 3. The van der Waals surface area contributed by atoms with Crippen molar-refractivity contribution in [3.8, 4) is 23.0 Å². The fourth-order valence-corrected chi connectivity index (χ4v) is 7.07. The highest BCUT2D eigenvalue weighted by Gasteiger charge is 2.74. The molecule has 260 valence electrons. The highest BCUT2D eigenvalue weighted by Crippen LogP contribution is 2.70. The Morgan fingerprint density at radius 1 is 0.958 bits per heavy atom. The topological polar surface area (TPSA) is 172 Å². The van der Waals surface area contributed by atoms with Crippen molar-refractivity contribution in [2.45, 2.75) is 48.3 Å². The van der Waals surface area contributed by atoms with Crippen LogP contribution in [0.1, 0.15) is 29.0 Å². The minimum atomic E-state index is -1.86. The Kier molecular flexibility index (Phi) is 10.8. The van der Waals surface area contributed by atoms with Crippen LogP contribution in [0.4, 0.5) is 0 Å². The first-order valence-electron chi connectivity index (χ1n) is 15.4. The molecule has 4 unspecified atom stereocenters. The Morgan fingerprint density at radius 2 is 1.65 bits per heavy atom. The molecule has 0 spiro atoms. The van der Waals surface area contributed by atoms with Crippen LogP contribution in [0.3, 0.4) is 0 Å². The Labute approximate surface area is 278 Å². The van der Waals surface area contributed by atoms with Crippen molar-refractivity contribution >= 4 is 5.97 Å². The Balaban J connectivity index is 0.00000221. The van der Waals surface area contributed by atoms with Gasteiger partial charge in [-0.15, -0.1) is 0 Å². The van der Waals surface area contributed by atoms with Crippen LogP contribution in [-0.4, -0.2) is 99.9 Å². The summed E-state index contributed by atoms with van der Waals surface area (Å²) < 4.78 is 46.8. The summed E-state index contributed by atoms with van der Waals surface area (Å²) in [5.74, 6) is -0.684. The third kappa shape index (κ3) is 5.85. The van der Waals surface area contributed by atoms with Gasteiger partial charge in [-0.25, -0.2) is 0 Å². The third-order valence-electron chi connectivity index (χ3n) is 9.16. The molecular formula is C35H42O13. The first-order valence-corrected chi connectivity index (χ1v) is 15.4. The van der Waals surface area contributed by atoms with E-state index in [1.807, 2.05) is 42.5 Å². The molecule has 3 aromatic carbocycles. The number of methoxy groups -OCH3 is 4. The smallest absolute Gasteiger partial charge is 0.309 e. The van der Waals surface area contributed by atoms with Crippen molar-refractivity contribution in [2.75, 3.05) is 48.8 Å². The fourth-order valence-electron chi connectivity index (χ4n) is 7.07. The molecule has 48 heavy (non-hydrogen) atoms. The molecule has 3 aliphatic rings. The predicted molar refractivity (Wildman–Crippen MR) is 169 cm³/mol. The Hall–Kier alpha value is -3.95. The van der Waals surface area contributed by atoms with E-state index in [-0.39, 0.29) is 30.1 Å². The van der Waals surface area contributed by atoms with Crippen molar-refractivity contribution < 1.29 is 63.1 Å². The third-order valence-corrected chi connectivity index (χ3v) is 9.16. The van der Waals surface area contributed by atoms with Crippen LogP contribution in [0.5, 0.6) is 23.0 Å². The van der Waals surface area contributed by atoms with Crippen molar-refractivity contribution in [3.05, 3.63) is 83.4 Å². The number of esters is 1. The van der Waals surface area contributed by atoms with Gasteiger partial charge in [0, 0.05) is 32.3 Å². The number of carbonyl (C=O) groups excluding carboxylic acids is 1. The predicted octanol–water partition coefficient (Wildman–Crippen LogP) is 2.21. The first-order chi connectivity index (χ1) is 23.2. The molecule has 1 saturated heterocycles. The lowest BCUT2D eigenvalue weighted by molar-refractivity contribution is -0.324. The van der Waals surface area contributed by atoms with Crippen molar-refractivity contribution in [1.29, 1.82) is 0 Å².